The largest absolute Gasteiger partial charge is 0.508 e. The highest BCUT2D eigenvalue weighted by Crippen LogP contribution is 2.31. The first-order chi connectivity index (χ1) is 25.6. The molecule has 0 saturated carbocycles. The second-order valence-electron chi connectivity index (χ2n) is 12.7. The van der Waals surface area contributed by atoms with Gasteiger partial charge in [-0.3, -0.25) is 24.0 Å². The van der Waals surface area contributed by atoms with E-state index in [4.69, 9.17) is 5.73 Å². The topological polar surface area (TPSA) is 184 Å². The molecule has 12 heteroatoms. The van der Waals surface area contributed by atoms with Crippen LogP contribution in [0.2, 0.25) is 0 Å². The Balaban J connectivity index is 1.21. The van der Waals surface area contributed by atoms with E-state index >= 15 is 0 Å². The van der Waals surface area contributed by atoms with E-state index in [1.54, 1.807) is 31.2 Å². The van der Waals surface area contributed by atoms with E-state index in [1.807, 2.05) is 48.5 Å². The second kappa shape index (κ2) is 18.5. The lowest BCUT2D eigenvalue weighted by Gasteiger charge is -2.21. The van der Waals surface area contributed by atoms with E-state index < -0.39 is 41.5 Å². The van der Waals surface area contributed by atoms with Gasteiger partial charge in [0, 0.05) is 49.1 Å². The third-order valence-electron chi connectivity index (χ3n) is 8.64. The average molecular weight is 733 g/mol. The number of benzene rings is 4. The molecule has 272 valence electrons. The second-order valence-corrected chi connectivity index (χ2v) is 14.7. The smallest absolute Gasteiger partial charge is 0.240 e. The summed E-state index contributed by atoms with van der Waals surface area (Å²) in [5.41, 5.74) is 7.26. The molecule has 5 rings (SSSR count). The molecule has 53 heavy (non-hydrogen) atoms. The van der Waals surface area contributed by atoms with E-state index in [0.29, 0.717) is 16.8 Å². The number of phenolic OH excluding ortho intramolecular Hbond substituents is 1. The number of primary amides is 1. The number of imidazole rings is 1. The highest BCUT2D eigenvalue weighted by molar-refractivity contribution is 7.97. The minimum atomic E-state index is -1.02. The van der Waals surface area contributed by atoms with Crippen LogP contribution in [-0.4, -0.2) is 56.4 Å². The van der Waals surface area contributed by atoms with Crippen LogP contribution in [0.5, 0.6) is 5.75 Å². The summed E-state index contributed by atoms with van der Waals surface area (Å²) >= 11 is 0. The quantitative estimate of drug-likeness (QED) is 0.0638. The standard InChI is InChI=1S/C41H41N5O6S/c1-27(41(52)46-36(40(42)51)24-30-25-43-26-44-30)22-38(49)35(23-28-12-16-31(47)17-13-28)45-39(50)21-20-37(48)29-14-18-34(19-15-29)53(32-8-4-2-5-9-32)33-10-6-3-7-11-33/h2-19,25-27,35-36H,20-24H2,1H3,(H5-,42,43,44,45,46,47,50,51,52)/p+1/t27-,35+,36+/m1/s1. The van der Waals surface area contributed by atoms with Crippen LogP contribution in [0.1, 0.15) is 47.8 Å². The van der Waals surface area contributed by atoms with Gasteiger partial charge in [0.15, 0.2) is 26.3 Å². The van der Waals surface area contributed by atoms with Crippen LogP contribution >= 0.6 is 0 Å². The molecule has 5 aromatic rings. The van der Waals surface area contributed by atoms with Gasteiger partial charge < -0.3 is 26.5 Å². The van der Waals surface area contributed by atoms with Gasteiger partial charge in [-0.2, -0.15) is 0 Å². The Kier molecular flexibility index (Phi) is 13.3. The summed E-state index contributed by atoms with van der Waals surface area (Å²) in [5.74, 6) is -3.20. The highest BCUT2D eigenvalue weighted by atomic mass is 32.2. The Hall–Kier alpha value is -6.01. The zero-order valence-electron chi connectivity index (χ0n) is 29.2. The highest BCUT2D eigenvalue weighted by Gasteiger charge is 2.30. The fourth-order valence-corrected chi connectivity index (χ4v) is 7.82. The van der Waals surface area contributed by atoms with Gasteiger partial charge >= 0.3 is 0 Å². The molecule has 0 saturated heterocycles. The number of aromatic nitrogens is 2. The Labute approximate surface area is 310 Å². The molecule has 0 aliphatic rings. The number of nitrogens with zero attached hydrogens (tertiary/aromatic N) is 1. The first kappa shape index (κ1) is 38.2. The predicted octanol–water partition coefficient (Wildman–Crippen LogP) is 4.71. The van der Waals surface area contributed by atoms with Crippen molar-refractivity contribution in [3.05, 3.63) is 139 Å². The number of amides is 3. The first-order valence-corrected chi connectivity index (χ1v) is 18.4. The van der Waals surface area contributed by atoms with Crippen molar-refractivity contribution in [2.75, 3.05) is 0 Å². The Morgan fingerprint density at radius 3 is 1.92 bits per heavy atom. The number of rotatable bonds is 18. The van der Waals surface area contributed by atoms with E-state index in [-0.39, 0.29) is 54.5 Å². The molecule has 4 aromatic carbocycles. The number of nitrogens with one attached hydrogen (secondary N) is 3. The molecule has 0 aliphatic heterocycles. The van der Waals surface area contributed by atoms with Crippen molar-refractivity contribution in [1.29, 1.82) is 0 Å². The Morgan fingerprint density at radius 1 is 0.755 bits per heavy atom. The van der Waals surface area contributed by atoms with Crippen LogP contribution in [0.25, 0.3) is 0 Å². The van der Waals surface area contributed by atoms with Crippen molar-refractivity contribution in [2.45, 2.75) is 65.8 Å². The van der Waals surface area contributed by atoms with Gasteiger partial charge in [0.05, 0.1) is 23.3 Å². The summed E-state index contributed by atoms with van der Waals surface area (Å²) in [6, 6.07) is 32.0. The van der Waals surface area contributed by atoms with Crippen molar-refractivity contribution < 1.29 is 29.1 Å². The fourth-order valence-electron chi connectivity index (χ4n) is 5.74. The number of hydrogen-bond acceptors (Lipinski definition) is 7. The summed E-state index contributed by atoms with van der Waals surface area (Å²) < 4.78 is 0. The van der Waals surface area contributed by atoms with Gasteiger partial charge in [-0.15, -0.1) is 0 Å². The Bertz CT molecular complexity index is 1950. The SMILES string of the molecule is C[C@H](CC(=O)[C@H](Cc1ccc(O)cc1)NC(=O)CCC(=O)c1ccc([S+](c2ccccc2)c2ccccc2)cc1)C(=O)N[C@@H](Cc1cnc[nH]1)C(N)=O. The fraction of sp³-hybridized carbons (Fsp3) is 0.220. The molecular weight excluding hydrogens is 691 g/mol. The molecule has 11 nitrogen and oxygen atoms in total. The Morgan fingerprint density at radius 2 is 1.36 bits per heavy atom. The summed E-state index contributed by atoms with van der Waals surface area (Å²) in [6.45, 7) is 1.55. The number of phenols is 1. The van der Waals surface area contributed by atoms with E-state index in [2.05, 4.69) is 44.9 Å². The third-order valence-corrected chi connectivity index (χ3v) is 10.9. The summed E-state index contributed by atoms with van der Waals surface area (Å²) in [4.78, 5) is 75.2. The van der Waals surface area contributed by atoms with Gasteiger partial charge in [-0.25, -0.2) is 4.98 Å². The van der Waals surface area contributed by atoms with Crippen LogP contribution < -0.4 is 16.4 Å². The average Bonchev–Trinajstić information content (AvgIpc) is 3.68. The first-order valence-electron chi connectivity index (χ1n) is 17.2. The molecule has 1 aromatic heterocycles. The number of carbonyl (C=O) groups excluding carboxylic acids is 5. The molecule has 0 unspecified atom stereocenters. The van der Waals surface area contributed by atoms with Crippen LogP contribution in [0.4, 0.5) is 0 Å². The van der Waals surface area contributed by atoms with Gasteiger partial charge in [-0.1, -0.05) is 55.5 Å². The number of aromatic hydroxyl groups is 1. The molecule has 6 N–H and O–H groups in total. The van der Waals surface area contributed by atoms with Crippen LogP contribution in [0, 0.1) is 5.92 Å². The molecule has 3 amide bonds. The molecule has 0 aliphatic carbocycles. The predicted molar refractivity (Wildman–Crippen MR) is 201 cm³/mol. The lowest BCUT2D eigenvalue weighted by atomic mass is 9.94. The molecule has 0 bridgehead atoms. The van der Waals surface area contributed by atoms with Crippen molar-refractivity contribution in [2.24, 2.45) is 11.7 Å². The van der Waals surface area contributed by atoms with Gasteiger partial charge in [-0.05, 0) is 72.6 Å². The van der Waals surface area contributed by atoms with Gasteiger partial charge in [0.1, 0.15) is 11.8 Å². The normalized spacial score (nSPS) is 12.7. The number of nitrogens with two attached hydrogens (primary N) is 1. The molecule has 0 radical (unpaired) electrons. The molecule has 0 spiro atoms. The zero-order chi connectivity index (χ0) is 37.7. The van der Waals surface area contributed by atoms with E-state index in [0.717, 1.165) is 14.7 Å². The third kappa shape index (κ3) is 11.0. The minimum absolute atomic E-state index is 0.0488. The van der Waals surface area contributed by atoms with Crippen LogP contribution in [-0.2, 0) is 42.9 Å². The van der Waals surface area contributed by atoms with Gasteiger partial charge in [0.25, 0.3) is 0 Å². The maximum absolute atomic E-state index is 13.6. The van der Waals surface area contributed by atoms with Gasteiger partial charge in [0.2, 0.25) is 17.7 Å². The number of hydrogen-bond donors (Lipinski definition) is 5. The lowest BCUT2D eigenvalue weighted by Crippen LogP contribution is -2.48. The van der Waals surface area contributed by atoms with Crippen molar-refractivity contribution in [3.8, 4) is 5.75 Å². The van der Waals surface area contributed by atoms with Crippen molar-refractivity contribution in [1.82, 2.24) is 20.6 Å². The van der Waals surface area contributed by atoms with Crippen molar-refractivity contribution in [3.63, 3.8) is 0 Å². The number of carbonyl (C=O) groups is 5. The van der Waals surface area contributed by atoms with Crippen LogP contribution in [0.15, 0.2) is 136 Å². The van der Waals surface area contributed by atoms with E-state index in [1.165, 1.54) is 24.7 Å². The number of H-pyrrole nitrogens is 1. The lowest BCUT2D eigenvalue weighted by molar-refractivity contribution is -0.133. The summed E-state index contributed by atoms with van der Waals surface area (Å²) in [6.07, 6.45) is 2.71. The zero-order valence-corrected chi connectivity index (χ0v) is 30.1. The number of ketones is 2. The number of Topliss-reactive ketones (excluding diaryl/α,β-unsaturated/α-hetero) is 2. The maximum atomic E-state index is 13.6. The maximum Gasteiger partial charge on any atom is 0.240 e. The molecule has 0 fully saturated rings. The minimum Gasteiger partial charge on any atom is -0.508 e. The monoisotopic (exact) mass is 732 g/mol. The number of aromatic amines is 1. The molecule has 3 atom stereocenters. The molecular formula is C41H42N5O6S+. The summed E-state index contributed by atoms with van der Waals surface area (Å²) in [5, 5.41) is 15.1. The van der Waals surface area contributed by atoms with E-state index in [9.17, 15) is 29.1 Å². The summed E-state index contributed by atoms with van der Waals surface area (Å²) in [7, 11) is -0.367. The van der Waals surface area contributed by atoms with Crippen LogP contribution in [0.3, 0.4) is 0 Å². The van der Waals surface area contributed by atoms with Crippen molar-refractivity contribution >= 4 is 40.2 Å². The molecule has 1 heterocycles.